The van der Waals surface area contributed by atoms with Gasteiger partial charge in [0.05, 0.1) is 19.8 Å². The Morgan fingerprint density at radius 1 is 1.11 bits per heavy atom. The third-order valence-electron chi connectivity index (χ3n) is 5.89. The van der Waals surface area contributed by atoms with E-state index in [1.807, 2.05) is 24.3 Å². The zero-order valence-electron chi connectivity index (χ0n) is 17.4. The van der Waals surface area contributed by atoms with Gasteiger partial charge in [-0.3, -0.25) is 9.69 Å². The van der Waals surface area contributed by atoms with Crippen molar-refractivity contribution < 1.29 is 14.3 Å². The first-order valence-electron chi connectivity index (χ1n) is 11.1. The number of carbonyl (C=O) groups excluding carboxylic acids is 1. The van der Waals surface area contributed by atoms with Gasteiger partial charge in [-0.05, 0) is 56.4 Å². The van der Waals surface area contributed by atoms with Crippen molar-refractivity contribution in [2.24, 2.45) is 0 Å². The zero-order valence-corrected chi connectivity index (χ0v) is 17.4. The molecule has 0 aliphatic carbocycles. The normalized spacial score (nSPS) is 20.9. The Morgan fingerprint density at radius 2 is 1.89 bits per heavy atom. The molecule has 0 bridgehead atoms. The van der Waals surface area contributed by atoms with Crippen LogP contribution < -0.4 is 4.74 Å². The maximum Gasteiger partial charge on any atom is 0.254 e. The predicted molar refractivity (Wildman–Crippen MR) is 112 cm³/mol. The maximum absolute atomic E-state index is 13.1. The highest BCUT2D eigenvalue weighted by Crippen LogP contribution is 2.23. The molecule has 2 fully saturated rings. The average molecular weight is 389 g/mol. The monoisotopic (exact) mass is 388 g/mol. The number of unbranched alkanes of at least 4 members (excludes halogenated alkanes) is 2. The van der Waals surface area contributed by atoms with E-state index in [2.05, 4.69) is 16.7 Å². The van der Waals surface area contributed by atoms with Crippen LogP contribution in [0.15, 0.2) is 24.3 Å². The zero-order chi connectivity index (χ0) is 19.6. The fourth-order valence-electron chi connectivity index (χ4n) is 4.13. The van der Waals surface area contributed by atoms with Crippen LogP contribution in [0.4, 0.5) is 0 Å². The second-order valence-corrected chi connectivity index (χ2v) is 7.97. The van der Waals surface area contributed by atoms with Crippen molar-refractivity contribution in [2.45, 2.75) is 57.9 Å². The minimum absolute atomic E-state index is 0.171. The van der Waals surface area contributed by atoms with Gasteiger partial charge in [-0.2, -0.15) is 0 Å². The molecule has 2 aliphatic heterocycles. The summed E-state index contributed by atoms with van der Waals surface area (Å²) in [5.74, 6) is 1.03. The summed E-state index contributed by atoms with van der Waals surface area (Å²) in [5, 5.41) is 0. The first-order chi connectivity index (χ1) is 13.8. The standard InChI is InChI=1S/C23H36N2O3/c1-2-3-6-17-28-22-10-8-20(9-11-22)23(26)25-13-5-4-7-21(25)12-14-24-15-18-27-19-16-24/h8-11,21H,2-7,12-19H2,1H3/t21-/m1/s1. The van der Waals surface area contributed by atoms with Crippen molar-refractivity contribution in [3.05, 3.63) is 29.8 Å². The van der Waals surface area contributed by atoms with Crippen LogP contribution in [0.1, 0.15) is 62.2 Å². The van der Waals surface area contributed by atoms with Gasteiger partial charge >= 0.3 is 0 Å². The molecule has 0 unspecified atom stereocenters. The van der Waals surface area contributed by atoms with Crippen LogP contribution in [0.5, 0.6) is 5.75 Å². The van der Waals surface area contributed by atoms with E-state index in [1.165, 1.54) is 19.3 Å². The number of benzene rings is 1. The fourth-order valence-corrected chi connectivity index (χ4v) is 4.13. The van der Waals surface area contributed by atoms with Crippen molar-refractivity contribution in [3.63, 3.8) is 0 Å². The molecule has 5 nitrogen and oxygen atoms in total. The summed E-state index contributed by atoms with van der Waals surface area (Å²) in [6, 6.07) is 8.07. The van der Waals surface area contributed by atoms with E-state index in [9.17, 15) is 4.79 Å². The van der Waals surface area contributed by atoms with Gasteiger partial charge in [0, 0.05) is 37.8 Å². The SMILES string of the molecule is CCCCCOc1ccc(C(=O)N2CCCC[C@@H]2CCN2CCOCC2)cc1. The summed E-state index contributed by atoms with van der Waals surface area (Å²) in [6.07, 6.45) is 7.98. The van der Waals surface area contributed by atoms with Crippen molar-refractivity contribution in [3.8, 4) is 5.75 Å². The van der Waals surface area contributed by atoms with Crippen LogP contribution in [-0.4, -0.2) is 67.7 Å². The number of piperidine rings is 1. The molecule has 0 saturated carbocycles. The summed E-state index contributed by atoms with van der Waals surface area (Å²) >= 11 is 0. The Balaban J connectivity index is 1.52. The summed E-state index contributed by atoms with van der Waals surface area (Å²) in [4.78, 5) is 17.7. The molecule has 1 aromatic rings. The number of hydrogen-bond donors (Lipinski definition) is 0. The third-order valence-corrected chi connectivity index (χ3v) is 5.89. The highest BCUT2D eigenvalue weighted by atomic mass is 16.5. The van der Waals surface area contributed by atoms with Gasteiger partial charge in [0.25, 0.3) is 5.91 Å². The minimum atomic E-state index is 0.171. The summed E-state index contributed by atoms with van der Waals surface area (Å²) in [5.41, 5.74) is 0.777. The highest BCUT2D eigenvalue weighted by Gasteiger charge is 2.28. The Morgan fingerprint density at radius 3 is 2.64 bits per heavy atom. The Hall–Kier alpha value is -1.59. The number of rotatable bonds is 9. The maximum atomic E-state index is 13.1. The second-order valence-electron chi connectivity index (χ2n) is 7.97. The van der Waals surface area contributed by atoms with Crippen LogP contribution >= 0.6 is 0 Å². The second kappa shape index (κ2) is 11.4. The lowest BCUT2D eigenvalue weighted by molar-refractivity contribution is 0.0295. The lowest BCUT2D eigenvalue weighted by Crippen LogP contribution is -2.46. The number of hydrogen-bond acceptors (Lipinski definition) is 4. The van der Waals surface area contributed by atoms with Gasteiger partial charge in [-0.1, -0.05) is 19.8 Å². The molecular formula is C23H36N2O3. The molecule has 28 heavy (non-hydrogen) atoms. The van der Waals surface area contributed by atoms with E-state index < -0.39 is 0 Å². The van der Waals surface area contributed by atoms with Crippen molar-refractivity contribution in [2.75, 3.05) is 46.0 Å². The number of morpholine rings is 1. The largest absolute Gasteiger partial charge is 0.494 e. The minimum Gasteiger partial charge on any atom is -0.494 e. The summed E-state index contributed by atoms with van der Waals surface area (Å²) in [7, 11) is 0. The third kappa shape index (κ3) is 6.21. The number of likely N-dealkylation sites (tertiary alicyclic amines) is 1. The Bertz CT molecular complexity index is 584. The van der Waals surface area contributed by atoms with Gasteiger partial charge in [-0.15, -0.1) is 0 Å². The molecule has 156 valence electrons. The predicted octanol–water partition coefficient (Wildman–Crippen LogP) is 3.97. The van der Waals surface area contributed by atoms with Gasteiger partial charge in [0.15, 0.2) is 0 Å². The van der Waals surface area contributed by atoms with Crippen molar-refractivity contribution >= 4 is 5.91 Å². The molecule has 1 amide bonds. The average Bonchev–Trinajstić information content (AvgIpc) is 2.76. The topological polar surface area (TPSA) is 42.0 Å². The molecule has 0 aromatic heterocycles. The molecule has 3 rings (SSSR count). The van der Waals surface area contributed by atoms with Crippen molar-refractivity contribution in [1.29, 1.82) is 0 Å². The number of nitrogens with zero attached hydrogens (tertiary/aromatic N) is 2. The molecular weight excluding hydrogens is 352 g/mol. The first-order valence-corrected chi connectivity index (χ1v) is 11.1. The fraction of sp³-hybridized carbons (Fsp3) is 0.696. The van der Waals surface area contributed by atoms with Crippen LogP contribution in [0.2, 0.25) is 0 Å². The number of carbonyl (C=O) groups is 1. The Kier molecular flexibility index (Phi) is 8.62. The lowest BCUT2D eigenvalue weighted by atomic mass is 9.97. The lowest BCUT2D eigenvalue weighted by Gasteiger charge is -2.37. The van der Waals surface area contributed by atoms with Crippen LogP contribution in [0.25, 0.3) is 0 Å². The van der Waals surface area contributed by atoms with Gasteiger partial charge in [0.2, 0.25) is 0 Å². The molecule has 1 atom stereocenters. The molecule has 2 heterocycles. The highest BCUT2D eigenvalue weighted by molar-refractivity contribution is 5.94. The molecule has 2 saturated heterocycles. The molecule has 0 N–H and O–H groups in total. The molecule has 1 aromatic carbocycles. The quantitative estimate of drug-likeness (QED) is 0.600. The molecule has 2 aliphatic rings. The van der Waals surface area contributed by atoms with Gasteiger partial charge in [0.1, 0.15) is 5.75 Å². The van der Waals surface area contributed by atoms with E-state index >= 15 is 0 Å². The van der Waals surface area contributed by atoms with Crippen LogP contribution in [0.3, 0.4) is 0 Å². The smallest absolute Gasteiger partial charge is 0.254 e. The van der Waals surface area contributed by atoms with E-state index in [0.717, 1.165) is 83.0 Å². The summed E-state index contributed by atoms with van der Waals surface area (Å²) < 4.78 is 11.2. The van der Waals surface area contributed by atoms with E-state index in [0.29, 0.717) is 6.04 Å². The number of ether oxygens (including phenoxy) is 2. The van der Waals surface area contributed by atoms with Crippen molar-refractivity contribution in [1.82, 2.24) is 9.80 Å². The van der Waals surface area contributed by atoms with Crippen LogP contribution in [0, 0.1) is 0 Å². The summed E-state index contributed by atoms with van der Waals surface area (Å²) in [6.45, 7) is 8.57. The molecule has 0 spiro atoms. The molecule has 5 heteroatoms. The van der Waals surface area contributed by atoms with E-state index in [4.69, 9.17) is 9.47 Å². The van der Waals surface area contributed by atoms with E-state index in [-0.39, 0.29) is 5.91 Å². The Labute approximate surface area is 170 Å². The van der Waals surface area contributed by atoms with Gasteiger partial charge in [-0.25, -0.2) is 0 Å². The van der Waals surface area contributed by atoms with Gasteiger partial charge < -0.3 is 14.4 Å². The first kappa shape index (κ1) is 21.1. The number of amides is 1. The molecule has 0 radical (unpaired) electrons. The van der Waals surface area contributed by atoms with Crippen LogP contribution in [-0.2, 0) is 4.74 Å². The van der Waals surface area contributed by atoms with E-state index in [1.54, 1.807) is 0 Å².